The number of hydrogen-bond donors (Lipinski definition) is 2. The third-order valence-corrected chi connectivity index (χ3v) is 4.53. The highest BCUT2D eigenvalue weighted by Crippen LogP contribution is 2.28. The summed E-state index contributed by atoms with van der Waals surface area (Å²) in [6.07, 6.45) is 0. The van der Waals surface area contributed by atoms with Crippen molar-refractivity contribution >= 4 is 22.6 Å². The Kier molecular flexibility index (Phi) is 5.16. The van der Waals surface area contributed by atoms with Crippen LogP contribution in [-0.2, 0) is 0 Å². The molecule has 29 heavy (non-hydrogen) atoms. The molecule has 1 heterocycles. The van der Waals surface area contributed by atoms with Crippen molar-refractivity contribution in [1.29, 1.82) is 0 Å². The number of carbonyl (C=O) groups excluding carboxylic acids is 1. The first kappa shape index (κ1) is 18.6. The number of imidazole rings is 1. The Bertz CT molecular complexity index is 1120. The average molecular weight is 387 g/mol. The van der Waals surface area contributed by atoms with E-state index < -0.39 is 0 Å². The monoisotopic (exact) mass is 387 g/mol. The number of hydrogen-bond acceptors (Lipinski definition) is 4. The van der Waals surface area contributed by atoms with Gasteiger partial charge < -0.3 is 19.8 Å². The topological polar surface area (TPSA) is 76.2 Å². The predicted molar refractivity (Wildman–Crippen MR) is 114 cm³/mol. The van der Waals surface area contributed by atoms with E-state index in [4.69, 9.17) is 9.47 Å². The second-order valence-electron chi connectivity index (χ2n) is 6.43. The molecule has 0 saturated heterocycles. The molecule has 6 heteroatoms. The van der Waals surface area contributed by atoms with Crippen LogP contribution in [0.3, 0.4) is 0 Å². The minimum atomic E-state index is -0.218. The SMILES string of the molecule is CCOc1cc(C(=O)Nc2ccc(-c3nc4ccccc4[nH]3)cc2)ccc1OC. The van der Waals surface area contributed by atoms with Gasteiger partial charge >= 0.3 is 0 Å². The molecule has 0 unspecified atom stereocenters. The van der Waals surface area contributed by atoms with Gasteiger partial charge in [0.2, 0.25) is 0 Å². The van der Waals surface area contributed by atoms with Crippen LogP contribution in [0.1, 0.15) is 17.3 Å². The molecule has 1 amide bonds. The molecule has 0 aliphatic carbocycles. The Balaban J connectivity index is 1.51. The molecule has 0 spiro atoms. The lowest BCUT2D eigenvalue weighted by Crippen LogP contribution is -2.12. The van der Waals surface area contributed by atoms with Crippen LogP contribution in [0.4, 0.5) is 5.69 Å². The number of aromatic amines is 1. The van der Waals surface area contributed by atoms with Gasteiger partial charge in [-0.15, -0.1) is 0 Å². The van der Waals surface area contributed by atoms with Crippen LogP contribution in [0.2, 0.25) is 0 Å². The molecule has 0 saturated carbocycles. The van der Waals surface area contributed by atoms with Crippen molar-refractivity contribution in [3.8, 4) is 22.9 Å². The Morgan fingerprint density at radius 1 is 1.03 bits per heavy atom. The van der Waals surface area contributed by atoms with Crippen LogP contribution < -0.4 is 14.8 Å². The van der Waals surface area contributed by atoms with Crippen LogP contribution in [0, 0.1) is 0 Å². The molecule has 0 radical (unpaired) electrons. The molecule has 0 atom stereocenters. The van der Waals surface area contributed by atoms with Gasteiger partial charge in [-0.05, 0) is 61.5 Å². The van der Waals surface area contributed by atoms with Crippen LogP contribution in [0.15, 0.2) is 66.7 Å². The molecule has 6 nitrogen and oxygen atoms in total. The van der Waals surface area contributed by atoms with Gasteiger partial charge in [0.05, 0.1) is 24.8 Å². The highest BCUT2D eigenvalue weighted by atomic mass is 16.5. The lowest BCUT2D eigenvalue weighted by Gasteiger charge is -2.11. The van der Waals surface area contributed by atoms with E-state index in [1.165, 1.54) is 0 Å². The number of nitrogens with one attached hydrogen (secondary N) is 2. The number of rotatable bonds is 6. The standard InChI is InChI=1S/C23H21N3O3/c1-3-29-21-14-16(10-13-20(21)28-2)23(27)24-17-11-8-15(9-12-17)22-25-18-6-4-5-7-19(18)26-22/h4-14H,3H2,1-2H3,(H,24,27)(H,25,26). The van der Waals surface area contributed by atoms with Crippen LogP contribution in [0.5, 0.6) is 11.5 Å². The van der Waals surface area contributed by atoms with Crippen molar-refractivity contribution in [2.24, 2.45) is 0 Å². The van der Waals surface area contributed by atoms with Crippen molar-refractivity contribution < 1.29 is 14.3 Å². The number of H-pyrrole nitrogens is 1. The van der Waals surface area contributed by atoms with Crippen molar-refractivity contribution in [2.45, 2.75) is 6.92 Å². The van der Waals surface area contributed by atoms with Crippen molar-refractivity contribution in [3.63, 3.8) is 0 Å². The van der Waals surface area contributed by atoms with Gasteiger partial charge in [-0.25, -0.2) is 4.98 Å². The number of para-hydroxylation sites is 2. The number of amides is 1. The van der Waals surface area contributed by atoms with Crippen LogP contribution in [-0.4, -0.2) is 29.6 Å². The molecular weight excluding hydrogens is 366 g/mol. The molecule has 146 valence electrons. The molecule has 0 aliphatic rings. The molecule has 1 aromatic heterocycles. The molecule has 2 N–H and O–H groups in total. The molecule has 3 aromatic carbocycles. The molecule has 4 aromatic rings. The fourth-order valence-electron chi connectivity index (χ4n) is 3.09. The van der Waals surface area contributed by atoms with Crippen molar-refractivity contribution in [1.82, 2.24) is 9.97 Å². The number of fused-ring (bicyclic) bond motifs is 1. The van der Waals surface area contributed by atoms with Gasteiger partial charge in [-0.3, -0.25) is 4.79 Å². The number of benzene rings is 3. The zero-order valence-corrected chi connectivity index (χ0v) is 16.2. The Hall–Kier alpha value is -3.80. The maximum atomic E-state index is 12.6. The Morgan fingerprint density at radius 3 is 2.55 bits per heavy atom. The van der Waals surface area contributed by atoms with Gasteiger partial charge in [0.15, 0.2) is 11.5 Å². The third-order valence-electron chi connectivity index (χ3n) is 4.53. The van der Waals surface area contributed by atoms with Gasteiger partial charge in [0.1, 0.15) is 5.82 Å². The average Bonchev–Trinajstić information content (AvgIpc) is 3.19. The summed E-state index contributed by atoms with van der Waals surface area (Å²) in [6.45, 7) is 2.38. The van der Waals surface area contributed by atoms with Crippen LogP contribution in [0.25, 0.3) is 22.4 Å². The van der Waals surface area contributed by atoms with E-state index in [1.807, 2.05) is 55.5 Å². The normalized spacial score (nSPS) is 10.7. The van der Waals surface area contributed by atoms with E-state index in [2.05, 4.69) is 15.3 Å². The minimum absolute atomic E-state index is 0.218. The minimum Gasteiger partial charge on any atom is -0.493 e. The number of nitrogens with zero attached hydrogens (tertiary/aromatic N) is 1. The third kappa shape index (κ3) is 3.91. The summed E-state index contributed by atoms with van der Waals surface area (Å²) in [6, 6.07) is 20.6. The predicted octanol–water partition coefficient (Wildman–Crippen LogP) is 4.89. The van der Waals surface area contributed by atoms with Gasteiger partial charge in [0.25, 0.3) is 5.91 Å². The van der Waals surface area contributed by atoms with E-state index >= 15 is 0 Å². The van der Waals surface area contributed by atoms with E-state index in [9.17, 15) is 4.79 Å². The van der Waals surface area contributed by atoms with Gasteiger partial charge in [-0.1, -0.05) is 12.1 Å². The number of ether oxygens (including phenoxy) is 2. The number of anilines is 1. The van der Waals surface area contributed by atoms with E-state index in [0.717, 1.165) is 22.4 Å². The molecule has 0 bridgehead atoms. The van der Waals surface area contributed by atoms with E-state index in [-0.39, 0.29) is 5.91 Å². The molecule has 0 aliphatic heterocycles. The first-order chi connectivity index (χ1) is 14.2. The summed E-state index contributed by atoms with van der Waals surface area (Å²) in [4.78, 5) is 20.5. The molecule has 4 rings (SSSR count). The van der Waals surface area contributed by atoms with E-state index in [0.29, 0.717) is 29.4 Å². The summed E-state index contributed by atoms with van der Waals surface area (Å²) in [7, 11) is 1.57. The van der Waals surface area contributed by atoms with Crippen molar-refractivity contribution in [3.05, 3.63) is 72.3 Å². The van der Waals surface area contributed by atoms with Crippen molar-refractivity contribution in [2.75, 3.05) is 19.0 Å². The molecule has 0 fully saturated rings. The Labute approximate surface area is 168 Å². The fourth-order valence-corrected chi connectivity index (χ4v) is 3.09. The van der Waals surface area contributed by atoms with Gasteiger partial charge in [0, 0.05) is 16.8 Å². The lowest BCUT2D eigenvalue weighted by atomic mass is 10.1. The summed E-state index contributed by atoms with van der Waals surface area (Å²) in [5, 5.41) is 2.90. The zero-order chi connectivity index (χ0) is 20.2. The number of methoxy groups -OCH3 is 1. The second kappa shape index (κ2) is 8.06. The quantitative estimate of drug-likeness (QED) is 0.494. The highest BCUT2D eigenvalue weighted by Gasteiger charge is 2.12. The lowest BCUT2D eigenvalue weighted by molar-refractivity contribution is 0.102. The summed E-state index contributed by atoms with van der Waals surface area (Å²) in [5.74, 6) is 1.71. The number of carbonyl (C=O) groups is 1. The smallest absolute Gasteiger partial charge is 0.255 e. The molecular formula is C23H21N3O3. The van der Waals surface area contributed by atoms with Crippen LogP contribution >= 0.6 is 0 Å². The first-order valence-corrected chi connectivity index (χ1v) is 9.35. The fraction of sp³-hybridized carbons (Fsp3) is 0.130. The first-order valence-electron chi connectivity index (χ1n) is 9.35. The highest BCUT2D eigenvalue weighted by molar-refractivity contribution is 6.04. The van der Waals surface area contributed by atoms with Gasteiger partial charge in [-0.2, -0.15) is 0 Å². The van der Waals surface area contributed by atoms with E-state index in [1.54, 1.807) is 25.3 Å². The summed E-state index contributed by atoms with van der Waals surface area (Å²) < 4.78 is 10.8. The maximum absolute atomic E-state index is 12.6. The maximum Gasteiger partial charge on any atom is 0.255 e. The summed E-state index contributed by atoms with van der Waals surface area (Å²) >= 11 is 0. The Morgan fingerprint density at radius 2 is 1.83 bits per heavy atom. The zero-order valence-electron chi connectivity index (χ0n) is 16.2. The largest absolute Gasteiger partial charge is 0.493 e. The number of aromatic nitrogens is 2. The second-order valence-corrected chi connectivity index (χ2v) is 6.43. The summed E-state index contributed by atoms with van der Waals surface area (Å²) in [5.41, 5.74) is 4.05.